The van der Waals surface area contributed by atoms with E-state index in [4.69, 9.17) is 0 Å². The molecule has 0 atom stereocenters. The zero-order chi connectivity index (χ0) is 4.83. The minimum absolute atomic E-state index is 0.628. The van der Waals surface area contributed by atoms with Gasteiger partial charge in [-0.05, 0) is 6.42 Å². The molecule has 1 nitrogen and oxygen atoms in total. The van der Waals surface area contributed by atoms with Crippen LogP contribution in [0.3, 0.4) is 0 Å². The quantitative estimate of drug-likeness (QED) is 0.358. The molecule has 0 spiro atoms. The minimum Gasteiger partial charge on any atom is -0.234 e. The summed E-state index contributed by atoms with van der Waals surface area (Å²) in [7, 11) is 0. The van der Waals surface area contributed by atoms with Crippen LogP contribution in [0.1, 0.15) is 6.42 Å². The van der Waals surface area contributed by atoms with Crippen molar-refractivity contribution >= 4 is 5.94 Å². The van der Waals surface area contributed by atoms with Crippen LogP contribution in [-0.4, -0.2) is 5.94 Å². The molecule has 0 saturated carbocycles. The number of allylic oxidation sites excluding steroid dienone is 2. The first-order chi connectivity index (χ1) is 2.91. The van der Waals surface area contributed by atoms with E-state index in [1.165, 1.54) is 6.08 Å². The van der Waals surface area contributed by atoms with Crippen LogP contribution in [0.2, 0.25) is 0 Å². The summed E-state index contributed by atoms with van der Waals surface area (Å²) < 4.78 is 0. The normalized spacial score (nSPS) is 6.00. The molecule has 0 aliphatic carbocycles. The monoisotopic (exact) mass is 82.0 g/mol. The van der Waals surface area contributed by atoms with Gasteiger partial charge >= 0.3 is 0 Å². The van der Waals surface area contributed by atoms with Crippen molar-refractivity contribution in [1.29, 1.82) is 0 Å². The Bertz CT molecular complexity index is 77.9. The van der Waals surface area contributed by atoms with Crippen LogP contribution in [0.25, 0.3) is 0 Å². The topological polar surface area (TPSA) is 17.1 Å². The molecule has 0 rings (SSSR count). The summed E-state index contributed by atoms with van der Waals surface area (Å²) in [6, 6.07) is 0. The largest absolute Gasteiger partial charge is 0.234 e. The van der Waals surface area contributed by atoms with Gasteiger partial charge in [-0.3, -0.25) is 0 Å². The molecule has 0 N–H and O–H groups in total. The van der Waals surface area contributed by atoms with Gasteiger partial charge in [-0.2, -0.15) is 0 Å². The maximum absolute atomic E-state index is 9.34. The smallest absolute Gasteiger partial charge is 0.120 e. The molecule has 0 aromatic heterocycles. The lowest BCUT2D eigenvalue weighted by atomic mass is 10.4. The van der Waals surface area contributed by atoms with Gasteiger partial charge in [0.05, 0.1) is 0 Å². The summed E-state index contributed by atoms with van der Waals surface area (Å²) in [6.45, 7) is 3.39. The van der Waals surface area contributed by atoms with Gasteiger partial charge < -0.3 is 0 Å². The number of rotatable bonds is 2. The van der Waals surface area contributed by atoms with Crippen molar-refractivity contribution in [2.75, 3.05) is 0 Å². The second-order valence-electron chi connectivity index (χ2n) is 0.846. The van der Waals surface area contributed by atoms with E-state index in [1.807, 2.05) is 0 Å². The van der Waals surface area contributed by atoms with Gasteiger partial charge in [-0.25, -0.2) is 4.79 Å². The Morgan fingerprint density at radius 3 is 2.67 bits per heavy atom. The van der Waals surface area contributed by atoms with E-state index in [0.29, 0.717) is 6.42 Å². The fourth-order valence-corrected chi connectivity index (χ4v) is 0.131. The first kappa shape index (κ1) is 5.19. The van der Waals surface area contributed by atoms with Crippen molar-refractivity contribution < 1.29 is 4.79 Å². The van der Waals surface area contributed by atoms with Gasteiger partial charge in [0, 0.05) is 6.08 Å². The van der Waals surface area contributed by atoms with E-state index in [0.717, 1.165) is 0 Å². The lowest BCUT2D eigenvalue weighted by Crippen LogP contribution is -1.51. The van der Waals surface area contributed by atoms with Crippen LogP contribution in [0.4, 0.5) is 0 Å². The maximum Gasteiger partial charge on any atom is 0.120 e. The predicted molar refractivity (Wildman–Crippen MR) is 25.1 cm³/mol. The third-order valence-electron chi connectivity index (χ3n) is 0.368. The van der Waals surface area contributed by atoms with Gasteiger partial charge in [0.15, 0.2) is 0 Å². The van der Waals surface area contributed by atoms with Crippen LogP contribution >= 0.6 is 0 Å². The first-order valence-electron chi connectivity index (χ1n) is 1.72. The SMILES string of the molecule is C=CCC=C=O. The molecule has 0 aromatic carbocycles. The maximum atomic E-state index is 9.34. The fourth-order valence-electron chi connectivity index (χ4n) is 0.131. The predicted octanol–water partition coefficient (Wildman–Crippen LogP) is 0.950. The van der Waals surface area contributed by atoms with Crippen LogP contribution < -0.4 is 0 Å². The highest BCUT2D eigenvalue weighted by molar-refractivity contribution is 5.45. The highest BCUT2D eigenvalue weighted by Gasteiger charge is 1.59. The van der Waals surface area contributed by atoms with Crippen molar-refractivity contribution in [1.82, 2.24) is 0 Å². The Hall–Kier alpha value is -0.810. The van der Waals surface area contributed by atoms with Gasteiger partial charge in [-0.1, -0.05) is 6.08 Å². The molecule has 0 aliphatic heterocycles. The third kappa shape index (κ3) is 3.19. The van der Waals surface area contributed by atoms with Crippen molar-refractivity contribution in [2.45, 2.75) is 6.42 Å². The van der Waals surface area contributed by atoms with Crippen LogP contribution in [0.5, 0.6) is 0 Å². The van der Waals surface area contributed by atoms with Gasteiger partial charge in [0.25, 0.3) is 0 Å². The van der Waals surface area contributed by atoms with E-state index in [2.05, 4.69) is 6.58 Å². The molecule has 32 valence electrons. The van der Waals surface area contributed by atoms with Gasteiger partial charge in [0.1, 0.15) is 5.94 Å². The van der Waals surface area contributed by atoms with Crippen molar-refractivity contribution in [3.63, 3.8) is 0 Å². The van der Waals surface area contributed by atoms with E-state index < -0.39 is 0 Å². The average molecular weight is 82.1 g/mol. The van der Waals surface area contributed by atoms with E-state index >= 15 is 0 Å². The molecular weight excluding hydrogens is 76.1 g/mol. The summed E-state index contributed by atoms with van der Waals surface area (Å²) in [5.41, 5.74) is 0. The van der Waals surface area contributed by atoms with E-state index in [9.17, 15) is 4.79 Å². The van der Waals surface area contributed by atoms with Crippen molar-refractivity contribution in [2.24, 2.45) is 0 Å². The van der Waals surface area contributed by atoms with Crippen molar-refractivity contribution in [3.8, 4) is 0 Å². The zero-order valence-electron chi connectivity index (χ0n) is 3.48. The molecule has 0 fully saturated rings. The highest BCUT2D eigenvalue weighted by atomic mass is 16.1. The molecule has 0 saturated heterocycles. The molecular formula is C5H6O. The van der Waals surface area contributed by atoms with Crippen molar-refractivity contribution in [3.05, 3.63) is 18.7 Å². The molecule has 0 unspecified atom stereocenters. The summed E-state index contributed by atoms with van der Waals surface area (Å²) in [5, 5.41) is 0. The van der Waals surface area contributed by atoms with Crippen LogP contribution in [-0.2, 0) is 4.79 Å². The molecule has 0 radical (unpaired) electrons. The molecule has 0 heterocycles. The molecule has 6 heavy (non-hydrogen) atoms. The first-order valence-corrected chi connectivity index (χ1v) is 1.72. The highest BCUT2D eigenvalue weighted by Crippen LogP contribution is 1.73. The number of carbonyl (C=O) groups excluding carboxylic acids is 1. The van der Waals surface area contributed by atoms with E-state index in [-0.39, 0.29) is 0 Å². The fraction of sp³-hybridized carbons (Fsp3) is 0.200. The second-order valence-corrected chi connectivity index (χ2v) is 0.846. The summed E-state index contributed by atoms with van der Waals surface area (Å²) in [4.78, 5) is 9.34. The summed E-state index contributed by atoms with van der Waals surface area (Å²) in [5.74, 6) is 1.62. The van der Waals surface area contributed by atoms with Gasteiger partial charge in [-0.15, -0.1) is 6.58 Å². The molecule has 0 aromatic rings. The molecule has 1 heteroatoms. The summed E-state index contributed by atoms with van der Waals surface area (Å²) in [6.07, 6.45) is 3.65. The Labute approximate surface area is 37.0 Å². The van der Waals surface area contributed by atoms with Crippen LogP contribution in [0.15, 0.2) is 18.7 Å². The Kier molecular flexibility index (Phi) is 3.62. The molecule has 0 bridgehead atoms. The lowest BCUT2D eigenvalue weighted by Gasteiger charge is -1.62. The Morgan fingerprint density at radius 1 is 1.83 bits per heavy atom. The van der Waals surface area contributed by atoms with Gasteiger partial charge in [0.2, 0.25) is 0 Å². The number of hydrogen-bond donors (Lipinski definition) is 0. The number of hydrogen-bond acceptors (Lipinski definition) is 1. The third-order valence-corrected chi connectivity index (χ3v) is 0.368. The van der Waals surface area contributed by atoms with E-state index in [1.54, 1.807) is 12.0 Å². The Balaban J connectivity index is 3.07. The average Bonchev–Trinajstić information content (AvgIpc) is 1.61. The minimum atomic E-state index is 0.628. The summed E-state index contributed by atoms with van der Waals surface area (Å²) >= 11 is 0. The lowest BCUT2D eigenvalue weighted by molar-refractivity contribution is 0.568. The Morgan fingerprint density at radius 2 is 2.50 bits per heavy atom. The molecule has 0 amide bonds. The van der Waals surface area contributed by atoms with Crippen LogP contribution in [0, 0.1) is 0 Å². The standard InChI is InChI=1S/C5H6O/c1-2-3-4-5-6/h2,4H,1,3H2. The molecule has 0 aliphatic rings. The second kappa shape index (κ2) is 4.19. The zero-order valence-corrected chi connectivity index (χ0v) is 3.48.